The first-order chi connectivity index (χ1) is 15.9. The predicted molar refractivity (Wildman–Crippen MR) is 131 cm³/mol. The number of alkyl halides is 1. The summed E-state index contributed by atoms with van der Waals surface area (Å²) in [6.07, 6.45) is 3.36. The van der Waals surface area contributed by atoms with Gasteiger partial charge in [0, 0.05) is 49.6 Å². The lowest BCUT2D eigenvalue weighted by atomic mass is 10.0. The van der Waals surface area contributed by atoms with Crippen LogP contribution in [0.15, 0.2) is 18.3 Å². The third-order valence-electron chi connectivity index (χ3n) is 6.56. The Kier molecular flexibility index (Phi) is 6.05. The van der Waals surface area contributed by atoms with Crippen molar-refractivity contribution in [3.05, 3.63) is 29.8 Å². The Morgan fingerprint density at radius 1 is 1.29 bits per heavy atom. The molecule has 10 heteroatoms. The molecule has 1 N–H and O–H groups in total. The monoisotopic (exact) mass is 468 g/mol. The molecular weight excluding hydrogens is 435 g/mol. The summed E-state index contributed by atoms with van der Waals surface area (Å²) in [7, 11) is 4.18. The smallest absolute Gasteiger partial charge is 0.222 e. The molecule has 4 heterocycles. The summed E-state index contributed by atoms with van der Waals surface area (Å²) in [6.45, 7) is 10.2. The molecule has 0 unspecified atom stereocenters. The van der Waals surface area contributed by atoms with Crippen LogP contribution in [0.3, 0.4) is 0 Å². The number of aromatic nitrogens is 5. The van der Waals surface area contributed by atoms with Gasteiger partial charge >= 0.3 is 0 Å². The highest BCUT2D eigenvalue weighted by Crippen LogP contribution is 2.35. The average molecular weight is 469 g/mol. The molecule has 182 valence electrons. The van der Waals surface area contributed by atoms with E-state index in [0.717, 1.165) is 41.9 Å². The zero-order chi connectivity index (χ0) is 24.8. The molecule has 3 aromatic rings. The van der Waals surface area contributed by atoms with Crippen LogP contribution in [-0.2, 0) is 16.9 Å². The Morgan fingerprint density at radius 2 is 2.03 bits per heavy atom. The highest BCUT2D eigenvalue weighted by molar-refractivity contribution is 5.95. The van der Waals surface area contributed by atoms with E-state index in [1.54, 1.807) is 16.9 Å². The molecule has 1 aliphatic heterocycles. The normalized spacial score (nSPS) is 18.8. The Bertz CT molecular complexity index is 1230. The number of carbonyl (C=O) groups excluding carboxylic acids is 1. The fraction of sp³-hybridized carbons (Fsp3) is 0.542. The maximum Gasteiger partial charge on any atom is 0.222 e. The minimum atomic E-state index is -1.70. The van der Waals surface area contributed by atoms with Crippen LogP contribution in [0.25, 0.3) is 16.7 Å². The van der Waals surface area contributed by atoms with Gasteiger partial charge in [-0.1, -0.05) is 6.92 Å². The van der Waals surface area contributed by atoms with Gasteiger partial charge in [0.2, 0.25) is 5.91 Å². The van der Waals surface area contributed by atoms with Crippen molar-refractivity contribution in [1.82, 2.24) is 29.6 Å². The van der Waals surface area contributed by atoms with Gasteiger partial charge in [0.15, 0.2) is 23.1 Å². The molecular formula is C24H33FN8O. The molecule has 0 aliphatic carbocycles. The maximum absolute atomic E-state index is 14.8. The van der Waals surface area contributed by atoms with Crippen molar-refractivity contribution in [2.75, 3.05) is 37.4 Å². The van der Waals surface area contributed by atoms with Gasteiger partial charge in [-0.3, -0.25) is 4.79 Å². The van der Waals surface area contributed by atoms with Crippen LogP contribution in [0, 0.1) is 0 Å². The fourth-order valence-corrected chi connectivity index (χ4v) is 4.18. The van der Waals surface area contributed by atoms with Crippen LogP contribution in [0.5, 0.6) is 0 Å². The molecule has 0 spiro atoms. The number of hydrogen-bond donors (Lipinski definition) is 1. The SMILES string of the molecule is CCc1cc(-n2nc(N3CC[C@@](C)(N(C)C)C3)c3cnc(NC(C)=O)cc32)nc(C(C)(C)F)n1. The first-order valence-corrected chi connectivity index (χ1v) is 11.6. The van der Waals surface area contributed by atoms with Crippen molar-refractivity contribution < 1.29 is 9.18 Å². The molecule has 0 radical (unpaired) electrons. The summed E-state index contributed by atoms with van der Waals surface area (Å²) < 4.78 is 16.5. The van der Waals surface area contributed by atoms with Crippen LogP contribution in [0.2, 0.25) is 0 Å². The highest BCUT2D eigenvalue weighted by atomic mass is 19.1. The molecule has 0 aromatic carbocycles. The number of nitrogens with one attached hydrogen (secondary N) is 1. The van der Waals surface area contributed by atoms with Gasteiger partial charge < -0.3 is 15.1 Å². The van der Waals surface area contributed by atoms with Crippen molar-refractivity contribution in [1.29, 1.82) is 0 Å². The number of halogens is 1. The van der Waals surface area contributed by atoms with E-state index in [1.165, 1.54) is 20.8 Å². The van der Waals surface area contributed by atoms with E-state index < -0.39 is 5.67 Å². The molecule has 1 amide bonds. The second-order valence-electron chi connectivity index (χ2n) is 9.93. The average Bonchev–Trinajstić information content (AvgIpc) is 3.34. The van der Waals surface area contributed by atoms with E-state index in [-0.39, 0.29) is 17.3 Å². The van der Waals surface area contributed by atoms with E-state index in [9.17, 15) is 9.18 Å². The number of aryl methyl sites for hydroxylation is 1. The number of rotatable bonds is 6. The number of pyridine rings is 1. The molecule has 9 nitrogen and oxygen atoms in total. The molecule has 0 saturated carbocycles. The van der Waals surface area contributed by atoms with Gasteiger partial charge in [0.1, 0.15) is 5.82 Å². The molecule has 0 bridgehead atoms. The molecule has 4 rings (SSSR count). The second-order valence-corrected chi connectivity index (χ2v) is 9.93. The van der Waals surface area contributed by atoms with Gasteiger partial charge in [0.25, 0.3) is 0 Å². The number of fused-ring (bicyclic) bond motifs is 1. The van der Waals surface area contributed by atoms with E-state index in [4.69, 9.17) is 5.10 Å². The predicted octanol–water partition coefficient (Wildman–Crippen LogP) is 3.47. The lowest BCUT2D eigenvalue weighted by Crippen LogP contribution is -2.43. The van der Waals surface area contributed by atoms with Crippen molar-refractivity contribution in [2.45, 2.75) is 58.7 Å². The van der Waals surface area contributed by atoms with Gasteiger partial charge in [-0.15, -0.1) is 5.10 Å². The Hall–Kier alpha value is -3.14. The zero-order valence-electron chi connectivity index (χ0n) is 21.0. The largest absolute Gasteiger partial charge is 0.353 e. The van der Waals surface area contributed by atoms with Gasteiger partial charge in [0.05, 0.1) is 10.9 Å². The van der Waals surface area contributed by atoms with Gasteiger partial charge in [-0.2, -0.15) is 0 Å². The van der Waals surface area contributed by atoms with Crippen molar-refractivity contribution in [3.8, 4) is 5.82 Å². The van der Waals surface area contributed by atoms with Crippen molar-refractivity contribution >= 4 is 28.4 Å². The third kappa shape index (κ3) is 4.46. The quantitative estimate of drug-likeness (QED) is 0.592. The van der Waals surface area contributed by atoms with Gasteiger partial charge in [-0.25, -0.2) is 24.0 Å². The highest BCUT2D eigenvalue weighted by Gasteiger charge is 2.37. The number of nitrogens with zero attached hydrogens (tertiary/aromatic N) is 7. The minimum absolute atomic E-state index is 0.0232. The Labute approximate surface area is 199 Å². The second kappa shape index (κ2) is 8.57. The summed E-state index contributed by atoms with van der Waals surface area (Å²) in [5.41, 5.74) is -0.212. The lowest BCUT2D eigenvalue weighted by molar-refractivity contribution is -0.114. The van der Waals surface area contributed by atoms with Crippen LogP contribution in [0.4, 0.5) is 16.0 Å². The molecule has 34 heavy (non-hydrogen) atoms. The van der Waals surface area contributed by atoms with E-state index in [1.807, 2.05) is 13.0 Å². The summed E-state index contributed by atoms with van der Waals surface area (Å²) in [4.78, 5) is 29.5. The number of likely N-dealkylation sites (N-methyl/N-ethyl adjacent to an activating group) is 1. The topological polar surface area (TPSA) is 92.1 Å². The van der Waals surface area contributed by atoms with E-state index in [2.05, 4.69) is 51.1 Å². The number of amides is 1. The zero-order valence-corrected chi connectivity index (χ0v) is 21.0. The summed E-state index contributed by atoms with van der Waals surface area (Å²) in [6, 6.07) is 3.61. The Morgan fingerprint density at radius 3 is 2.62 bits per heavy atom. The number of carbonyl (C=O) groups is 1. The third-order valence-corrected chi connectivity index (χ3v) is 6.56. The van der Waals surface area contributed by atoms with Crippen LogP contribution in [0.1, 0.15) is 52.6 Å². The first kappa shape index (κ1) is 24.0. The maximum atomic E-state index is 14.8. The molecule has 3 aromatic heterocycles. The van der Waals surface area contributed by atoms with Crippen LogP contribution >= 0.6 is 0 Å². The van der Waals surface area contributed by atoms with E-state index >= 15 is 0 Å². The first-order valence-electron chi connectivity index (χ1n) is 11.6. The molecule has 1 atom stereocenters. The van der Waals surface area contributed by atoms with E-state index in [0.29, 0.717) is 18.1 Å². The van der Waals surface area contributed by atoms with Crippen molar-refractivity contribution in [3.63, 3.8) is 0 Å². The number of anilines is 2. The molecule has 1 aliphatic rings. The van der Waals surface area contributed by atoms with Gasteiger partial charge in [-0.05, 0) is 47.7 Å². The number of hydrogen-bond acceptors (Lipinski definition) is 7. The fourth-order valence-electron chi connectivity index (χ4n) is 4.18. The molecule has 1 fully saturated rings. The Balaban J connectivity index is 1.90. The summed E-state index contributed by atoms with van der Waals surface area (Å²) in [5.74, 6) is 1.60. The molecule has 1 saturated heterocycles. The van der Waals surface area contributed by atoms with Crippen LogP contribution in [-0.4, -0.2) is 68.3 Å². The van der Waals surface area contributed by atoms with Crippen LogP contribution < -0.4 is 10.2 Å². The lowest BCUT2D eigenvalue weighted by Gasteiger charge is -2.32. The minimum Gasteiger partial charge on any atom is -0.353 e. The standard InChI is InChI=1S/C24H33FN8O/c1-8-16-11-20(29-22(28-16)23(3,4)25)33-18-12-19(27-15(2)34)26-13-17(18)21(30-33)32-10-9-24(5,14-32)31(6)7/h11-13H,8-10,14H2,1-7H3,(H,26,27,34)/t24-/m1/s1. The summed E-state index contributed by atoms with van der Waals surface area (Å²) in [5, 5.41) is 8.52. The summed E-state index contributed by atoms with van der Waals surface area (Å²) >= 11 is 0. The van der Waals surface area contributed by atoms with Crippen molar-refractivity contribution in [2.24, 2.45) is 0 Å².